The highest BCUT2D eigenvalue weighted by atomic mass is 16.5. The fourth-order valence-electron chi connectivity index (χ4n) is 2.02. The molecule has 0 fully saturated rings. The Morgan fingerprint density at radius 1 is 1.23 bits per heavy atom. The highest BCUT2D eigenvalue weighted by molar-refractivity contribution is 5.88. The highest BCUT2D eigenvalue weighted by Crippen LogP contribution is 2.17. The van der Waals surface area contributed by atoms with Crippen molar-refractivity contribution < 1.29 is 9.53 Å². The van der Waals surface area contributed by atoms with Crippen LogP contribution in [0.5, 0.6) is 5.75 Å². The van der Waals surface area contributed by atoms with Gasteiger partial charge in [0.15, 0.2) is 0 Å². The number of amides is 1. The number of carbonyl (C=O) groups excluding carboxylic acids is 1. The van der Waals surface area contributed by atoms with Crippen LogP contribution in [0.4, 0.5) is 11.5 Å². The number of rotatable bonds is 6. The van der Waals surface area contributed by atoms with Crippen molar-refractivity contribution in [3.63, 3.8) is 0 Å². The first-order valence-corrected chi connectivity index (χ1v) is 7.09. The van der Waals surface area contributed by atoms with Crippen LogP contribution in [0, 0.1) is 13.8 Å². The predicted molar refractivity (Wildman–Crippen MR) is 86.2 cm³/mol. The van der Waals surface area contributed by atoms with Gasteiger partial charge in [0.1, 0.15) is 24.0 Å². The third-order valence-corrected chi connectivity index (χ3v) is 2.80. The molecule has 0 unspecified atom stereocenters. The van der Waals surface area contributed by atoms with Gasteiger partial charge in [0.25, 0.3) is 0 Å². The first kappa shape index (κ1) is 15.8. The molecule has 22 heavy (non-hydrogen) atoms. The number of aryl methyl sites for hydroxylation is 2. The van der Waals surface area contributed by atoms with Gasteiger partial charge in [-0.3, -0.25) is 4.79 Å². The van der Waals surface area contributed by atoms with Crippen LogP contribution in [0.3, 0.4) is 0 Å². The molecule has 1 heterocycles. The van der Waals surface area contributed by atoms with Gasteiger partial charge in [-0.1, -0.05) is 6.07 Å². The van der Waals surface area contributed by atoms with Crippen LogP contribution in [0.1, 0.15) is 18.4 Å². The zero-order chi connectivity index (χ0) is 15.9. The second-order valence-electron chi connectivity index (χ2n) is 4.93. The van der Waals surface area contributed by atoms with E-state index in [0.717, 1.165) is 23.0 Å². The minimum Gasteiger partial charge on any atom is -0.492 e. The van der Waals surface area contributed by atoms with E-state index in [0.29, 0.717) is 18.9 Å². The summed E-state index contributed by atoms with van der Waals surface area (Å²) in [5, 5.41) is 5.92. The number of hydrogen-bond acceptors (Lipinski definition) is 5. The molecule has 0 spiro atoms. The molecule has 1 aromatic carbocycles. The molecular weight excluding hydrogens is 280 g/mol. The van der Waals surface area contributed by atoms with Crippen LogP contribution >= 0.6 is 0 Å². The van der Waals surface area contributed by atoms with Gasteiger partial charge in [0.2, 0.25) is 5.91 Å². The van der Waals surface area contributed by atoms with Crippen molar-refractivity contribution in [3.05, 3.63) is 41.9 Å². The van der Waals surface area contributed by atoms with E-state index in [9.17, 15) is 4.79 Å². The van der Waals surface area contributed by atoms with Crippen LogP contribution in [0.2, 0.25) is 0 Å². The van der Waals surface area contributed by atoms with E-state index < -0.39 is 0 Å². The Bertz CT molecular complexity index is 638. The quantitative estimate of drug-likeness (QED) is 0.802. The van der Waals surface area contributed by atoms with Crippen LogP contribution in [0.15, 0.2) is 30.3 Å². The summed E-state index contributed by atoms with van der Waals surface area (Å²) in [6, 6.07) is 9.19. The fourth-order valence-corrected chi connectivity index (χ4v) is 2.02. The van der Waals surface area contributed by atoms with Gasteiger partial charge >= 0.3 is 0 Å². The molecule has 0 saturated carbocycles. The summed E-state index contributed by atoms with van der Waals surface area (Å²) in [6.45, 7) is 6.39. The maximum Gasteiger partial charge on any atom is 0.221 e. The number of ether oxygens (including phenoxy) is 1. The van der Waals surface area contributed by atoms with Gasteiger partial charge in [-0.25, -0.2) is 9.97 Å². The lowest BCUT2D eigenvalue weighted by atomic mass is 10.3. The van der Waals surface area contributed by atoms with Crippen molar-refractivity contribution in [1.82, 2.24) is 9.97 Å². The fraction of sp³-hybridized carbons (Fsp3) is 0.312. The minimum atomic E-state index is -0.103. The summed E-state index contributed by atoms with van der Waals surface area (Å²) in [5.74, 6) is 2.14. The van der Waals surface area contributed by atoms with Crippen molar-refractivity contribution in [2.75, 3.05) is 23.8 Å². The van der Waals surface area contributed by atoms with E-state index in [1.807, 2.05) is 38.1 Å². The van der Waals surface area contributed by atoms with Gasteiger partial charge in [0.05, 0.1) is 6.54 Å². The van der Waals surface area contributed by atoms with Gasteiger partial charge in [-0.05, 0) is 26.0 Å². The van der Waals surface area contributed by atoms with Crippen molar-refractivity contribution in [1.29, 1.82) is 0 Å². The molecule has 2 N–H and O–H groups in total. The van der Waals surface area contributed by atoms with Gasteiger partial charge in [-0.15, -0.1) is 0 Å². The highest BCUT2D eigenvalue weighted by Gasteiger charge is 2.00. The van der Waals surface area contributed by atoms with E-state index in [4.69, 9.17) is 4.74 Å². The number of benzene rings is 1. The molecule has 0 aliphatic carbocycles. The van der Waals surface area contributed by atoms with Crippen LogP contribution in [0.25, 0.3) is 0 Å². The Labute approximate surface area is 129 Å². The second-order valence-corrected chi connectivity index (χ2v) is 4.93. The normalized spacial score (nSPS) is 10.1. The predicted octanol–water partition coefficient (Wildman–Crippen LogP) is 2.54. The molecule has 0 atom stereocenters. The van der Waals surface area contributed by atoms with E-state index in [1.165, 1.54) is 6.92 Å². The molecule has 0 aliphatic rings. The van der Waals surface area contributed by atoms with Gasteiger partial charge in [-0.2, -0.15) is 0 Å². The molecule has 6 nitrogen and oxygen atoms in total. The Balaban J connectivity index is 1.82. The number of aromatic nitrogens is 2. The van der Waals surface area contributed by atoms with Crippen LogP contribution in [-0.4, -0.2) is 29.0 Å². The SMILES string of the molecule is CC(=O)Nc1cccc(OCCNc2cc(C)nc(C)n2)c1. The van der Waals surface area contributed by atoms with Gasteiger partial charge < -0.3 is 15.4 Å². The van der Waals surface area contributed by atoms with E-state index in [2.05, 4.69) is 20.6 Å². The first-order chi connectivity index (χ1) is 10.5. The molecule has 6 heteroatoms. The number of nitrogens with zero attached hydrogens (tertiary/aromatic N) is 2. The maximum absolute atomic E-state index is 11.0. The monoisotopic (exact) mass is 300 g/mol. The average Bonchev–Trinajstić information content (AvgIpc) is 2.42. The van der Waals surface area contributed by atoms with Crippen molar-refractivity contribution >= 4 is 17.4 Å². The standard InChI is InChI=1S/C16H20N4O2/c1-11-9-16(19-12(2)18-11)17-7-8-22-15-6-4-5-14(10-15)20-13(3)21/h4-6,9-10H,7-8H2,1-3H3,(H,20,21)(H,17,18,19). The third-order valence-electron chi connectivity index (χ3n) is 2.80. The summed E-state index contributed by atoms with van der Waals surface area (Å²) in [5.41, 5.74) is 1.65. The molecule has 1 amide bonds. The molecule has 1 aromatic heterocycles. The Kier molecular flexibility index (Phi) is 5.30. The molecular formula is C16H20N4O2. The molecule has 2 aromatic rings. The largest absolute Gasteiger partial charge is 0.492 e. The van der Waals surface area contributed by atoms with Gasteiger partial charge in [0, 0.05) is 30.4 Å². The van der Waals surface area contributed by atoms with Crippen molar-refractivity contribution in [3.8, 4) is 5.75 Å². The first-order valence-electron chi connectivity index (χ1n) is 7.09. The van der Waals surface area contributed by atoms with E-state index >= 15 is 0 Å². The lowest BCUT2D eigenvalue weighted by molar-refractivity contribution is -0.114. The summed E-state index contributed by atoms with van der Waals surface area (Å²) >= 11 is 0. The molecule has 2 rings (SSSR count). The second kappa shape index (κ2) is 7.40. The Morgan fingerprint density at radius 3 is 2.77 bits per heavy atom. The Hall–Kier alpha value is -2.63. The summed E-state index contributed by atoms with van der Waals surface area (Å²) in [7, 11) is 0. The molecule has 0 saturated heterocycles. The topological polar surface area (TPSA) is 76.1 Å². The summed E-state index contributed by atoms with van der Waals surface area (Å²) in [4.78, 5) is 19.5. The van der Waals surface area contributed by atoms with Crippen LogP contribution in [-0.2, 0) is 4.79 Å². The number of nitrogens with one attached hydrogen (secondary N) is 2. The number of carbonyl (C=O) groups is 1. The van der Waals surface area contributed by atoms with E-state index in [1.54, 1.807) is 6.07 Å². The molecule has 0 bridgehead atoms. The number of anilines is 2. The maximum atomic E-state index is 11.0. The van der Waals surface area contributed by atoms with Crippen molar-refractivity contribution in [2.24, 2.45) is 0 Å². The van der Waals surface area contributed by atoms with Crippen LogP contribution < -0.4 is 15.4 Å². The molecule has 0 radical (unpaired) electrons. The summed E-state index contributed by atoms with van der Waals surface area (Å²) < 4.78 is 5.65. The Morgan fingerprint density at radius 2 is 2.05 bits per heavy atom. The smallest absolute Gasteiger partial charge is 0.221 e. The number of hydrogen-bond donors (Lipinski definition) is 2. The zero-order valence-electron chi connectivity index (χ0n) is 13.0. The van der Waals surface area contributed by atoms with Crippen molar-refractivity contribution in [2.45, 2.75) is 20.8 Å². The lowest BCUT2D eigenvalue weighted by Crippen LogP contribution is -2.13. The molecule has 0 aliphatic heterocycles. The average molecular weight is 300 g/mol. The third kappa shape index (κ3) is 5.05. The van der Waals surface area contributed by atoms with E-state index in [-0.39, 0.29) is 5.91 Å². The lowest BCUT2D eigenvalue weighted by Gasteiger charge is -2.10. The summed E-state index contributed by atoms with van der Waals surface area (Å²) in [6.07, 6.45) is 0. The minimum absolute atomic E-state index is 0.103. The zero-order valence-corrected chi connectivity index (χ0v) is 13.0. The molecule has 116 valence electrons.